The fourth-order valence-corrected chi connectivity index (χ4v) is 4.77. The summed E-state index contributed by atoms with van der Waals surface area (Å²) in [5.41, 5.74) is 1.80. The van der Waals surface area contributed by atoms with Gasteiger partial charge in [0.15, 0.2) is 0 Å². The Bertz CT molecular complexity index is 695. The van der Waals surface area contributed by atoms with Gasteiger partial charge in [-0.15, -0.1) is 0 Å². The van der Waals surface area contributed by atoms with Crippen LogP contribution in [0.4, 0.5) is 10.5 Å². The van der Waals surface area contributed by atoms with E-state index in [9.17, 15) is 9.59 Å². The maximum Gasteiger partial charge on any atom is 0.409 e. The van der Waals surface area contributed by atoms with Crippen LogP contribution >= 0.6 is 0 Å². The first-order valence-electron chi connectivity index (χ1n) is 9.71. The molecular formula is C20H29N3O3. The van der Waals surface area contributed by atoms with Gasteiger partial charge in [0.2, 0.25) is 5.91 Å². The molecule has 0 unspecified atom stereocenters. The molecule has 0 atom stereocenters. The number of hydrogen-bond donors (Lipinski definition) is 1. The van der Waals surface area contributed by atoms with E-state index < -0.39 is 0 Å². The Hall–Kier alpha value is -2.08. The number of nitrogens with zero attached hydrogens (tertiary/aromatic N) is 2. The molecule has 0 bridgehead atoms. The fourth-order valence-electron chi connectivity index (χ4n) is 4.77. The van der Waals surface area contributed by atoms with Gasteiger partial charge in [0.05, 0.1) is 12.0 Å². The summed E-state index contributed by atoms with van der Waals surface area (Å²) in [5.74, 6) is 0.162. The van der Waals surface area contributed by atoms with Crippen LogP contribution < -0.4 is 5.32 Å². The van der Waals surface area contributed by atoms with Crippen molar-refractivity contribution in [3.8, 4) is 0 Å². The van der Waals surface area contributed by atoms with Gasteiger partial charge >= 0.3 is 6.09 Å². The number of para-hydroxylation sites is 1. The molecule has 6 heteroatoms. The summed E-state index contributed by atoms with van der Waals surface area (Å²) in [7, 11) is 0. The molecule has 2 saturated heterocycles. The van der Waals surface area contributed by atoms with E-state index in [1.54, 1.807) is 0 Å². The smallest absolute Gasteiger partial charge is 0.409 e. The van der Waals surface area contributed by atoms with E-state index in [4.69, 9.17) is 4.74 Å². The lowest BCUT2D eigenvalue weighted by molar-refractivity contribution is -0.122. The van der Waals surface area contributed by atoms with Crippen molar-refractivity contribution in [2.75, 3.05) is 38.1 Å². The molecule has 0 saturated carbocycles. The van der Waals surface area contributed by atoms with Gasteiger partial charge in [0, 0.05) is 26.2 Å². The summed E-state index contributed by atoms with van der Waals surface area (Å²) in [5, 5.41) is 3.07. The fraction of sp³-hybridized carbons (Fsp3) is 0.600. The quantitative estimate of drug-likeness (QED) is 0.882. The summed E-state index contributed by atoms with van der Waals surface area (Å²) in [6, 6.07) is 8.60. The summed E-state index contributed by atoms with van der Waals surface area (Å²) >= 11 is 0. The molecule has 26 heavy (non-hydrogen) atoms. The van der Waals surface area contributed by atoms with Crippen LogP contribution in [0.1, 0.15) is 39.6 Å². The summed E-state index contributed by atoms with van der Waals surface area (Å²) < 4.78 is 5.10. The van der Waals surface area contributed by atoms with Crippen molar-refractivity contribution in [2.45, 2.75) is 44.1 Å². The molecule has 0 aromatic heterocycles. The number of carbonyl (C=O) groups excluding carboxylic acids is 2. The van der Waals surface area contributed by atoms with Crippen LogP contribution in [0.3, 0.4) is 0 Å². The minimum Gasteiger partial charge on any atom is -0.450 e. The van der Waals surface area contributed by atoms with Gasteiger partial charge in [0.25, 0.3) is 0 Å². The number of anilines is 1. The predicted octanol–water partition coefficient (Wildman–Crippen LogP) is 2.84. The number of likely N-dealkylation sites (tertiary alicyclic amines) is 2. The van der Waals surface area contributed by atoms with E-state index in [1.807, 2.05) is 30.0 Å². The lowest BCUT2D eigenvalue weighted by atomic mass is 9.73. The Labute approximate surface area is 156 Å². The van der Waals surface area contributed by atoms with Gasteiger partial charge in [-0.2, -0.15) is 0 Å². The van der Waals surface area contributed by atoms with Crippen LogP contribution in [0.2, 0.25) is 0 Å². The van der Waals surface area contributed by atoms with Crippen molar-refractivity contribution in [1.29, 1.82) is 0 Å². The Kier molecular flexibility index (Phi) is 4.61. The van der Waals surface area contributed by atoms with Gasteiger partial charge in [-0.25, -0.2) is 4.79 Å². The molecule has 1 N–H and O–H groups in total. The molecule has 142 valence electrons. The van der Waals surface area contributed by atoms with Crippen molar-refractivity contribution < 1.29 is 15.8 Å². The molecule has 3 aliphatic rings. The van der Waals surface area contributed by atoms with Gasteiger partial charge in [-0.3, -0.25) is 4.79 Å². The maximum atomic E-state index is 12.7. The van der Waals surface area contributed by atoms with E-state index in [2.05, 4.69) is 16.3 Å². The molecule has 6 nitrogen and oxygen atoms in total. The Morgan fingerprint density at radius 3 is 2.62 bits per heavy atom. The minimum absolute atomic E-state index is 0. The molecule has 1 aromatic carbocycles. The number of rotatable bonds is 2. The second-order valence-electron chi connectivity index (χ2n) is 7.53. The van der Waals surface area contributed by atoms with E-state index in [1.165, 1.54) is 5.56 Å². The number of ether oxygens (including phenoxy) is 1. The zero-order valence-electron chi connectivity index (χ0n) is 15.4. The number of hydrogen-bond acceptors (Lipinski definition) is 4. The lowest BCUT2D eigenvalue weighted by Gasteiger charge is -2.44. The Morgan fingerprint density at radius 1 is 1.23 bits per heavy atom. The number of nitrogens with one attached hydrogen (secondary N) is 1. The number of amides is 2. The largest absolute Gasteiger partial charge is 0.450 e. The predicted molar refractivity (Wildman–Crippen MR) is 101 cm³/mol. The zero-order valence-corrected chi connectivity index (χ0v) is 15.4. The van der Waals surface area contributed by atoms with E-state index in [-0.39, 0.29) is 18.8 Å². The number of benzene rings is 1. The van der Waals surface area contributed by atoms with E-state index >= 15 is 0 Å². The summed E-state index contributed by atoms with van der Waals surface area (Å²) in [6.45, 7) is 5.66. The average molecular weight is 359 g/mol. The van der Waals surface area contributed by atoms with Crippen molar-refractivity contribution in [1.82, 2.24) is 9.80 Å². The topological polar surface area (TPSA) is 61.9 Å². The van der Waals surface area contributed by atoms with Crippen LogP contribution in [0.25, 0.3) is 0 Å². The van der Waals surface area contributed by atoms with Gasteiger partial charge in [-0.05, 0) is 57.3 Å². The molecule has 1 spiro atoms. The SMILES string of the molecule is CCOC(=O)N1CCC(N2CCC3(CC2)C(=O)Nc2ccccc23)CC1.[HH]. The molecule has 1 aromatic rings. The first kappa shape index (κ1) is 17.3. The highest BCUT2D eigenvalue weighted by Gasteiger charge is 2.48. The Morgan fingerprint density at radius 2 is 1.92 bits per heavy atom. The van der Waals surface area contributed by atoms with Gasteiger partial charge < -0.3 is 19.9 Å². The highest BCUT2D eigenvalue weighted by molar-refractivity contribution is 6.06. The zero-order chi connectivity index (χ0) is 18.1. The molecule has 3 heterocycles. The van der Waals surface area contributed by atoms with Crippen LogP contribution in [0.5, 0.6) is 0 Å². The monoisotopic (exact) mass is 359 g/mol. The first-order valence-corrected chi connectivity index (χ1v) is 9.71. The second-order valence-corrected chi connectivity index (χ2v) is 7.53. The second kappa shape index (κ2) is 6.91. The summed E-state index contributed by atoms with van der Waals surface area (Å²) in [4.78, 5) is 28.9. The first-order chi connectivity index (χ1) is 12.6. The molecule has 0 radical (unpaired) electrons. The number of fused-ring (bicyclic) bond motifs is 2. The number of piperidine rings is 2. The van der Waals surface area contributed by atoms with E-state index in [0.29, 0.717) is 12.6 Å². The van der Waals surface area contributed by atoms with Crippen LogP contribution in [0, 0.1) is 0 Å². The third-order valence-electron chi connectivity index (χ3n) is 6.28. The van der Waals surface area contributed by atoms with Crippen LogP contribution in [-0.4, -0.2) is 60.6 Å². The molecular weight excluding hydrogens is 330 g/mol. The van der Waals surface area contributed by atoms with Crippen molar-refractivity contribution in [3.63, 3.8) is 0 Å². The molecule has 2 fully saturated rings. The minimum atomic E-state index is -0.348. The van der Waals surface area contributed by atoms with Crippen molar-refractivity contribution in [2.24, 2.45) is 0 Å². The highest BCUT2D eigenvalue weighted by Crippen LogP contribution is 2.45. The Balaban J connectivity index is 0.00000210. The third kappa shape index (κ3) is 2.86. The van der Waals surface area contributed by atoms with Gasteiger partial charge in [-0.1, -0.05) is 18.2 Å². The van der Waals surface area contributed by atoms with Crippen LogP contribution in [-0.2, 0) is 14.9 Å². The average Bonchev–Trinajstić information content (AvgIpc) is 2.94. The third-order valence-corrected chi connectivity index (χ3v) is 6.28. The van der Waals surface area contributed by atoms with E-state index in [0.717, 1.165) is 57.5 Å². The van der Waals surface area contributed by atoms with Gasteiger partial charge in [0.1, 0.15) is 0 Å². The highest BCUT2D eigenvalue weighted by atomic mass is 16.6. The maximum absolute atomic E-state index is 12.7. The lowest BCUT2D eigenvalue weighted by Crippen LogP contribution is -2.52. The van der Waals surface area contributed by atoms with Crippen molar-refractivity contribution in [3.05, 3.63) is 29.8 Å². The molecule has 2 amide bonds. The summed E-state index contributed by atoms with van der Waals surface area (Å²) in [6.07, 6.45) is 3.51. The normalized spacial score (nSPS) is 23.0. The molecule has 4 rings (SSSR count). The molecule has 3 aliphatic heterocycles. The van der Waals surface area contributed by atoms with Crippen LogP contribution in [0.15, 0.2) is 24.3 Å². The standard InChI is InChI=1S/C20H27N3O3.H2/c1-2-26-19(25)23-11-7-15(8-12-23)22-13-9-20(10-14-22)16-5-3-4-6-17(16)21-18(20)24;/h3-6,15H,2,7-14H2,1H3,(H,21,24);1H. The number of carbonyl (C=O) groups is 2. The van der Waals surface area contributed by atoms with Crippen molar-refractivity contribution >= 4 is 17.7 Å². The molecule has 0 aliphatic carbocycles.